The maximum absolute atomic E-state index is 12.3. The Morgan fingerprint density at radius 1 is 1.18 bits per heavy atom. The number of nitrogens with zero attached hydrogens (tertiary/aromatic N) is 1. The Hall–Kier alpha value is -2.64. The van der Waals surface area contributed by atoms with Crippen LogP contribution in [0, 0.1) is 0 Å². The molecule has 0 bridgehead atoms. The Kier molecular flexibility index (Phi) is 9.41. The first kappa shape index (κ1) is 23.4. The lowest BCUT2D eigenvalue weighted by atomic mass is 10.1. The zero-order chi connectivity index (χ0) is 21.3. The number of amides is 3. The molecule has 0 radical (unpaired) electrons. The van der Waals surface area contributed by atoms with Gasteiger partial charge in [0, 0.05) is 24.1 Å². The number of carbonyl (C=O) groups excluding carboxylic acids is 3. The molecule has 156 valence electrons. The lowest BCUT2D eigenvalue weighted by Crippen LogP contribution is -2.57. The van der Waals surface area contributed by atoms with Crippen LogP contribution >= 0.6 is 12.6 Å². The molecule has 0 saturated heterocycles. The molecule has 0 aliphatic heterocycles. The summed E-state index contributed by atoms with van der Waals surface area (Å²) in [5, 5.41) is 24.6. The molecule has 0 fully saturated rings. The molecule has 0 saturated carbocycles. The van der Waals surface area contributed by atoms with Crippen LogP contribution in [0.15, 0.2) is 12.5 Å². The highest BCUT2D eigenvalue weighted by molar-refractivity contribution is 7.80. The third kappa shape index (κ3) is 7.17. The molecule has 0 spiro atoms. The average molecular weight is 416 g/mol. The number of aliphatic hydroxyl groups excluding tert-OH is 1. The molecule has 1 rings (SSSR count). The number of carboxylic acid groups (broad SMARTS) is 1. The van der Waals surface area contributed by atoms with E-state index < -0.39 is 54.5 Å². The summed E-state index contributed by atoms with van der Waals surface area (Å²) < 4.78 is 0. The fourth-order valence-electron chi connectivity index (χ4n) is 2.06. The zero-order valence-electron chi connectivity index (χ0n) is 15.1. The van der Waals surface area contributed by atoms with Gasteiger partial charge in [0.1, 0.15) is 18.1 Å². The quantitative estimate of drug-likeness (QED) is 0.172. The molecule has 13 heteroatoms. The van der Waals surface area contributed by atoms with Crippen LogP contribution in [-0.4, -0.2) is 80.4 Å². The summed E-state index contributed by atoms with van der Waals surface area (Å²) >= 11 is 4.01. The van der Waals surface area contributed by atoms with Crippen LogP contribution < -0.4 is 21.7 Å². The molecule has 8 N–H and O–H groups in total. The molecule has 12 nitrogen and oxygen atoms in total. The maximum atomic E-state index is 12.3. The van der Waals surface area contributed by atoms with Crippen LogP contribution in [0.4, 0.5) is 0 Å². The molecule has 4 atom stereocenters. The van der Waals surface area contributed by atoms with Crippen molar-refractivity contribution in [1.82, 2.24) is 25.9 Å². The minimum atomic E-state index is -1.49. The van der Waals surface area contributed by atoms with Gasteiger partial charge in [0.05, 0.1) is 19.0 Å². The highest BCUT2D eigenvalue weighted by Crippen LogP contribution is 1.99. The number of nitrogens with one attached hydrogen (secondary N) is 4. The summed E-state index contributed by atoms with van der Waals surface area (Å²) in [5.74, 6) is -3.57. The molecular formula is C15H24N6O6S. The smallest absolute Gasteiger partial charge is 0.328 e. The number of carboxylic acids is 1. The van der Waals surface area contributed by atoms with Crippen LogP contribution in [0.1, 0.15) is 12.6 Å². The first-order valence-electron chi connectivity index (χ1n) is 8.28. The number of rotatable bonds is 11. The van der Waals surface area contributed by atoms with Crippen molar-refractivity contribution in [2.75, 3.05) is 12.4 Å². The van der Waals surface area contributed by atoms with Crippen LogP contribution in [0.2, 0.25) is 0 Å². The van der Waals surface area contributed by atoms with Crippen molar-refractivity contribution in [3.63, 3.8) is 0 Å². The van der Waals surface area contributed by atoms with Gasteiger partial charge in [-0.3, -0.25) is 14.4 Å². The SMILES string of the molecule is CC(NC(=O)C(CS)NC(=O)C(N)Cc1cnc[nH]1)C(=O)NC(CO)C(=O)O. The Morgan fingerprint density at radius 2 is 1.82 bits per heavy atom. The van der Waals surface area contributed by atoms with Gasteiger partial charge < -0.3 is 36.9 Å². The summed E-state index contributed by atoms with van der Waals surface area (Å²) in [4.78, 5) is 53.8. The third-order valence-electron chi connectivity index (χ3n) is 3.70. The summed E-state index contributed by atoms with van der Waals surface area (Å²) in [5.41, 5.74) is 6.45. The molecule has 4 unspecified atom stereocenters. The lowest BCUT2D eigenvalue weighted by molar-refractivity contribution is -0.143. The first-order chi connectivity index (χ1) is 13.2. The number of aliphatic hydroxyl groups is 1. The minimum absolute atomic E-state index is 0.0585. The van der Waals surface area contributed by atoms with Crippen molar-refractivity contribution in [3.8, 4) is 0 Å². The van der Waals surface area contributed by atoms with E-state index in [1.54, 1.807) is 0 Å². The molecule has 28 heavy (non-hydrogen) atoms. The Balaban J connectivity index is 2.58. The lowest BCUT2D eigenvalue weighted by Gasteiger charge is -2.22. The Bertz CT molecular complexity index is 685. The van der Waals surface area contributed by atoms with Crippen LogP contribution in [0.25, 0.3) is 0 Å². The molecule has 1 aromatic heterocycles. The summed E-state index contributed by atoms with van der Waals surface area (Å²) in [6.07, 6.45) is 3.15. The molecule has 1 heterocycles. The van der Waals surface area contributed by atoms with Gasteiger partial charge in [0.25, 0.3) is 0 Å². The van der Waals surface area contributed by atoms with Crippen LogP contribution in [0.3, 0.4) is 0 Å². The largest absolute Gasteiger partial charge is 0.480 e. The fourth-order valence-corrected chi connectivity index (χ4v) is 2.32. The standard InChI is InChI=1S/C15H24N6O6S/c1-7(12(23)20-10(4-22)15(26)27)19-14(25)11(5-28)21-13(24)9(16)2-8-3-17-6-18-8/h3,6-7,9-11,22,28H,2,4-5,16H2,1H3,(H,17,18)(H,19,25)(H,20,23)(H,21,24)(H,26,27). The van der Waals surface area contributed by atoms with Gasteiger partial charge in [-0.1, -0.05) is 0 Å². The number of imidazole rings is 1. The van der Waals surface area contributed by atoms with Gasteiger partial charge in [0.2, 0.25) is 17.7 Å². The van der Waals surface area contributed by atoms with Crippen molar-refractivity contribution in [3.05, 3.63) is 18.2 Å². The summed E-state index contributed by atoms with van der Waals surface area (Å²) in [7, 11) is 0. The number of hydrogen-bond acceptors (Lipinski definition) is 8. The normalized spacial score (nSPS) is 15.0. The van der Waals surface area contributed by atoms with Crippen molar-refractivity contribution in [2.45, 2.75) is 37.5 Å². The van der Waals surface area contributed by atoms with E-state index >= 15 is 0 Å². The molecule has 0 aromatic carbocycles. The Morgan fingerprint density at radius 3 is 2.32 bits per heavy atom. The van der Waals surface area contributed by atoms with Gasteiger partial charge in [-0.05, 0) is 6.92 Å². The van der Waals surface area contributed by atoms with E-state index in [4.69, 9.17) is 15.9 Å². The first-order valence-corrected chi connectivity index (χ1v) is 8.91. The second-order valence-corrected chi connectivity index (χ2v) is 6.31. The predicted molar refractivity (Wildman–Crippen MR) is 100 cm³/mol. The minimum Gasteiger partial charge on any atom is -0.480 e. The number of thiol groups is 1. The van der Waals surface area contributed by atoms with Gasteiger partial charge in [-0.25, -0.2) is 9.78 Å². The van der Waals surface area contributed by atoms with Gasteiger partial charge in [0.15, 0.2) is 0 Å². The second kappa shape index (κ2) is 11.3. The van der Waals surface area contributed by atoms with E-state index in [0.717, 1.165) is 0 Å². The zero-order valence-corrected chi connectivity index (χ0v) is 16.0. The van der Waals surface area contributed by atoms with Crippen molar-refractivity contribution in [2.24, 2.45) is 5.73 Å². The van der Waals surface area contributed by atoms with Crippen molar-refractivity contribution >= 4 is 36.3 Å². The number of hydrogen-bond donors (Lipinski definition) is 8. The van der Waals surface area contributed by atoms with Crippen molar-refractivity contribution < 1.29 is 29.4 Å². The van der Waals surface area contributed by atoms with E-state index in [0.29, 0.717) is 5.69 Å². The second-order valence-electron chi connectivity index (χ2n) is 5.94. The maximum Gasteiger partial charge on any atom is 0.328 e. The monoisotopic (exact) mass is 416 g/mol. The van der Waals surface area contributed by atoms with E-state index in [2.05, 4.69) is 38.5 Å². The average Bonchev–Trinajstić information content (AvgIpc) is 3.15. The van der Waals surface area contributed by atoms with Gasteiger partial charge in [-0.15, -0.1) is 0 Å². The van der Waals surface area contributed by atoms with Gasteiger partial charge >= 0.3 is 5.97 Å². The molecule has 0 aliphatic carbocycles. The van der Waals surface area contributed by atoms with Gasteiger partial charge in [-0.2, -0.15) is 12.6 Å². The number of nitrogens with two attached hydrogens (primary N) is 1. The Labute approximate surface area is 166 Å². The van der Waals surface area contributed by atoms with Crippen LogP contribution in [-0.2, 0) is 25.6 Å². The van der Waals surface area contributed by atoms with E-state index in [1.807, 2.05) is 0 Å². The predicted octanol–water partition coefficient (Wildman–Crippen LogP) is -3.24. The molecule has 1 aromatic rings. The third-order valence-corrected chi connectivity index (χ3v) is 4.06. The number of aromatic nitrogens is 2. The summed E-state index contributed by atoms with van der Waals surface area (Å²) in [6, 6.07) is -4.60. The highest BCUT2D eigenvalue weighted by Gasteiger charge is 2.27. The number of aliphatic carboxylic acids is 1. The number of carbonyl (C=O) groups is 4. The number of H-pyrrole nitrogens is 1. The van der Waals surface area contributed by atoms with E-state index in [1.165, 1.54) is 19.4 Å². The van der Waals surface area contributed by atoms with Crippen molar-refractivity contribution in [1.29, 1.82) is 0 Å². The van der Waals surface area contributed by atoms with Crippen LogP contribution in [0.5, 0.6) is 0 Å². The van der Waals surface area contributed by atoms with E-state index in [9.17, 15) is 19.2 Å². The topological polar surface area (TPSA) is 200 Å². The van der Waals surface area contributed by atoms with E-state index in [-0.39, 0.29) is 12.2 Å². The molecule has 0 aliphatic rings. The molecular weight excluding hydrogens is 392 g/mol. The summed E-state index contributed by atoms with van der Waals surface area (Å²) in [6.45, 7) is 0.524. The fraction of sp³-hybridized carbons (Fsp3) is 0.533. The number of aromatic amines is 1. The molecule has 3 amide bonds. The highest BCUT2D eigenvalue weighted by atomic mass is 32.1.